The predicted octanol–water partition coefficient (Wildman–Crippen LogP) is 1.12. The molecule has 0 bridgehead atoms. The van der Waals surface area contributed by atoms with Crippen LogP contribution in [0.15, 0.2) is 0 Å². The molecule has 1 amide bonds. The molecule has 0 aliphatic carbocycles. The van der Waals surface area contributed by atoms with Crippen LogP contribution in [-0.2, 0) is 4.79 Å². The summed E-state index contributed by atoms with van der Waals surface area (Å²) in [4.78, 5) is 13.7. The molecule has 2 aliphatic rings. The van der Waals surface area contributed by atoms with Crippen molar-refractivity contribution < 1.29 is 4.79 Å². The summed E-state index contributed by atoms with van der Waals surface area (Å²) < 4.78 is 0. The monoisotopic (exact) mass is 253 g/mol. The van der Waals surface area contributed by atoms with Crippen LogP contribution in [0.2, 0.25) is 0 Å². The van der Waals surface area contributed by atoms with Gasteiger partial charge < -0.3 is 15.5 Å². The molecule has 0 spiro atoms. The highest BCUT2D eigenvalue weighted by molar-refractivity contribution is 5.76. The van der Waals surface area contributed by atoms with Crippen LogP contribution in [-0.4, -0.2) is 48.6 Å². The van der Waals surface area contributed by atoms with Gasteiger partial charge in [0.1, 0.15) is 0 Å². The molecule has 104 valence electrons. The summed E-state index contributed by atoms with van der Waals surface area (Å²) in [6.45, 7) is 7.81. The predicted molar refractivity (Wildman–Crippen MR) is 73.5 cm³/mol. The van der Waals surface area contributed by atoms with E-state index < -0.39 is 0 Å². The van der Waals surface area contributed by atoms with Crippen molar-refractivity contribution in [3.05, 3.63) is 0 Å². The van der Waals surface area contributed by atoms with Gasteiger partial charge in [0.25, 0.3) is 0 Å². The number of amides is 1. The summed E-state index contributed by atoms with van der Waals surface area (Å²) in [6, 6.07) is 1.78. The first kappa shape index (κ1) is 13.8. The minimum absolute atomic E-state index is 0.208. The smallest absolute Gasteiger partial charge is 0.220 e. The van der Waals surface area contributed by atoms with Gasteiger partial charge in [-0.2, -0.15) is 0 Å². The summed E-state index contributed by atoms with van der Waals surface area (Å²) >= 11 is 0. The SMILES string of the molecule is CC(C)N1CCCC(NC2CCC(=O)NC2)CC1. The maximum absolute atomic E-state index is 11.1. The van der Waals surface area contributed by atoms with Crippen molar-refractivity contribution in [1.82, 2.24) is 15.5 Å². The normalized spacial score (nSPS) is 31.2. The van der Waals surface area contributed by atoms with Crippen LogP contribution in [0.4, 0.5) is 0 Å². The van der Waals surface area contributed by atoms with Gasteiger partial charge in [-0.3, -0.25) is 4.79 Å². The Labute approximate surface area is 110 Å². The van der Waals surface area contributed by atoms with E-state index in [1.54, 1.807) is 0 Å². The van der Waals surface area contributed by atoms with Crippen LogP contribution in [0.25, 0.3) is 0 Å². The molecule has 4 heteroatoms. The fourth-order valence-corrected chi connectivity index (χ4v) is 3.01. The second-order valence-electron chi connectivity index (χ2n) is 5.96. The average Bonchev–Trinajstić information content (AvgIpc) is 2.58. The molecule has 0 aromatic carbocycles. The number of likely N-dealkylation sites (tertiary alicyclic amines) is 1. The standard InChI is InChI=1S/C14H27N3O/c1-11(2)17-8-3-4-12(7-9-17)16-13-5-6-14(18)15-10-13/h11-13,16H,3-10H2,1-2H3,(H,15,18). The Hall–Kier alpha value is -0.610. The summed E-state index contributed by atoms with van der Waals surface area (Å²) in [5.41, 5.74) is 0. The molecule has 0 radical (unpaired) electrons. The third kappa shape index (κ3) is 3.95. The molecule has 2 atom stereocenters. The van der Waals surface area contributed by atoms with E-state index in [1.807, 2.05) is 0 Å². The lowest BCUT2D eigenvalue weighted by Crippen LogP contribution is -2.49. The third-order valence-electron chi connectivity index (χ3n) is 4.23. The largest absolute Gasteiger partial charge is 0.355 e. The maximum atomic E-state index is 11.1. The Morgan fingerprint density at radius 1 is 1.22 bits per heavy atom. The minimum Gasteiger partial charge on any atom is -0.355 e. The molecule has 2 fully saturated rings. The Bertz CT molecular complexity index is 270. The van der Waals surface area contributed by atoms with Crippen LogP contribution in [0.3, 0.4) is 0 Å². The molecule has 2 aliphatic heterocycles. The third-order valence-corrected chi connectivity index (χ3v) is 4.23. The van der Waals surface area contributed by atoms with Crippen molar-refractivity contribution in [1.29, 1.82) is 0 Å². The first-order valence-corrected chi connectivity index (χ1v) is 7.42. The molecule has 2 saturated heterocycles. The number of hydrogen-bond donors (Lipinski definition) is 2. The highest BCUT2D eigenvalue weighted by atomic mass is 16.1. The van der Waals surface area contributed by atoms with Crippen molar-refractivity contribution in [2.24, 2.45) is 0 Å². The molecular formula is C14H27N3O. The average molecular weight is 253 g/mol. The Kier molecular flexibility index (Phi) is 5.01. The van der Waals surface area contributed by atoms with Crippen molar-refractivity contribution >= 4 is 5.91 Å². The second-order valence-corrected chi connectivity index (χ2v) is 5.96. The van der Waals surface area contributed by atoms with Gasteiger partial charge in [0, 0.05) is 31.1 Å². The second kappa shape index (κ2) is 6.53. The van der Waals surface area contributed by atoms with Gasteiger partial charge in [-0.05, 0) is 52.6 Å². The molecule has 18 heavy (non-hydrogen) atoms. The van der Waals surface area contributed by atoms with Gasteiger partial charge in [0.05, 0.1) is 0 Å². The molecule has 4 nitrogen and oxygen atoms in total. The van der Waals surface area contributed by atoms with Gasteiger partial charge in [-0.25, -0.2) is 0 Å². The Morgan fingerprint density at radius 2 is 2.06 bits per heavy atom. The van der Waals surface area contributed by atoms with Gasteiger partial charge in [-0.1, -0.05) is 0 Å². The van der Waals surface area contributed by atoms with Gasteiger partial charge in [0.15, 0.2) is 0 Å². The Balaban J connectivity index is 1.75. The van der Waals surface area contributed by atoms with Crippen molar-refractivity contribution in [2.75, 3.05) is 19.6 Å². The number of hydrogen-bond acceptors (Lipinski definition) is 3. The van der Waals surface area contributed by atoms with E-state index in [0.29, 0.717) is 24.5 Å². The number of carbonyl (C=O) groups excluding carboxylic acids is 1. The lowest BCUT2D eigenvalue weighted by Gasteiger charge is -2.28. The topological polar surface area (TPSA) is 44.4 Å². The van der Waals surface area contributed by atoms with E-state index in [2.05, 4.69) is 29.4 Å². The summed E-state index contributed by atoms with van der Waals surface area (Å²) in [7, 11) is 0. The number of piperidine rings is 1. The molecule has 2 N–H and O–H groups in total. The van der Waals surface area contributed by atoms with E-state index in [1.165, 1.54) is 32.4 Å². The van der Waals surface area contributed by atoms with Crippen LogP contribution in [0.1, 0.15) is 46.0 Å². The van der Waals surface area contributed by atoms with Crippen LogP contribution >= 0.6 is 0 Å². The zero-order chi connectivity index (χ0) is 13.0. The number of nitrogens with zero attached hydrogens (tertiary/aromatic N) is 1. The highest BCUT2D eigenvalue weighted by Gasteiger charge is 2.23. The van der Waals surface area contributed by atoms with E-state index in [0.717, 1.165) is 13.0 Å². The van der Waals surface area contributed by atoms with Gasteiger partial charge in [0.2, 0.25) is 5.91 Å². The highest BCUT2D eigenvalue weighted by Crippen LogP contribution is 2.15. The first-order valence-electron chi connectivity index (χ1n) is 7.42. The lowest BCUT2D eigenvalue weighted by molar-refractivity contribution is -0.122. The molecule has 2 heterocycles. The van der Waals surface area contributed by atoms with E-state index in [-0.39, 0.29) is 5.91 Å². The van der Waals surface area contributed by atoms with E-state index in [4.69, 9.17) is 0 Å². The van der Waals surface area contributed by atoms with Crippen molar-refractivity contribution in [3.8, 4) is 0 Å². The number of carbonyl (C=O) groups is 1. The van der Waals surface area contributed by atoms with Gasteiger partial charge >= 0.3 is 0 Å². The Morgan fingerprint density at radius 3 is 2.72 bits per heavy atom. The molecule has 0 aromatic rings. The fourth-order valence-electron chi connectivity index (χ4n) is 3.01. The molecule has 0 aromatic heterocycles. The van der Waals surface area contributed by atoms with Crippen LogP contribution < -0.4 is 10.6 Å². The fraction of sp³-hybridized carbons (Fsp3) is 0.929. The van der Waals surface area contributed by atoms with Crippen LogP contribution in [0.5, 0.6) is 0 Å². The molecular weight excluding hydrogens is 226 g/mol. The zero-order valence-electron chi connectivity index (χ0n) is 11.7. The molecule has 2 unspecified atom stereocenters. The quantitative estimate of drug-likeness (QED) is 0.792. The van der Waals surface area contributed by atoms with Crippen LogP contribution in [0, 0.1) is 0 Å². The zero-order valence-corrected chi connectivity index (χ0v) is 11.7. The summed E-state index contributed by atoms with van der Waals surface area (Å²) in [5.74, 6) is 0.208. The van der Waals surface area contributed by atoms with Crippen molar-refractivity contribution in [3.63, 3.8) is 0 Å². The van der Waals surface area contributed by atoms with E-state index >= 15 is 0 Å². The number of rotatable bonds is 3. The number of nitrogens with one attached hydrogen (secondary N) is 2. The lowest BCUT2D eigenvalue weighted by atomic mass is 10.0. The van der Waals surface area contributed by atoms with Gasteiger partial charge in [-0.15, -0.1) is 0 Å². The molecule has 2 rings (SSSR count). The maximum Gasteiger partial charge on any atom is 0.220 e. The van der Waals surface area contributed by atoms with E-state index in [9.17, 15) is 4.79 Å². The van der Waals surface area contributed by atoms with Crippen molar-refractivity contribution in [2.45, 2.75) is 64.1 Å². The molecule has 0 saturated carbocycles. The summed E-state index contributed by atoms with van der Waals surface area (Å²) in [6.07, 6.45) is 5.48. The minimum atomic E-state index is 0.208. The first-order chi connectivity index (χ1) is 8.65. The summed E-state index contributed by atoms with van der Waals surface area (Å²) in [5, 5.41) is 6.69.